The number of aromatic hydroxyl groups is 3. The second kappa shape index (κ2) is 6.43. The van der Waals surface area contributed by atoms with E-state index < -0.39 is 12.2 Å². The van der Waals surface area contributed by atoms with Crippen LogP contribution in [0.25, 0.3) is 0 Å². The lowest BCUT2D eigenvalue weighted by Crippen LogP contribution is -2.05. The van der Waals surface area contributed by atoms with E-state index in [2.05, 4.69) is 9.97 Å². The fourth-order valence-corrected chi connectivity index (χ4v) is 4.09. The second-order valence-corrected chi connectivity index (χ2v) is 7.46. The smallest absolute Gasteiger partial charge is 0.143 e. The predicted octanol–water partition coefficient (Wildman–Crippen LogP) is 3.45. The Bertz CT molecular complexity index is 1140. The number of phenols is 1. The van der Waals surface area contributed by atoms with Crippen LogP contribution in [0.2, 0.25) is 0 Å². The van der Waals surface area contributed by atoms with Crippen molar-refractivity contribution in [3.8, 4) is 17.2 Å². The summed E-state index contributed by atoms with van der Waals surface area (Å²) >= 11 is 0. The number of fused-ring (bicyclic) bond motifs is 2. The Kier molecular flexibility index (Phi) is 3.97. The highest BCUT2D eigenvalue weighted by Crippen LogP contribution is 2.47. The number of aromatic nitrogens is 2. The minimum absolute atomic E-state index is 0.0637. The Morgan fingerprint density at radius 2 is 1.38 bits per heavy atom. The van der Waals surface area contributed by atoms with E-state index in [9.17, 15) is 15.3 Å². The molecule has 2 aromatic heterocycles. The first-order valence-electron chi connectivity index (χ1n) is 9.36. The van der Waals surface area contributed by atoms with E-state index in [1.807, 2.05) is 0 Å². The number of hydrogen-bond donors (Lipinski definition) is 3. The zero-order valence-corrected chi connectivity index (χ0v) is 16.0. The van der Waals surface area contributed by atoms with Gasteiger partial charge < -0.3 is 24.8 Å². The van der Waals surface area contributed by atoms with Gasteiger partial charge in [-0.25, -0.2) is 0 Å². The minimum atomic E-state index is -0.611. The molecule has 0 saturated carbocycles. The maximum absolute atomic E-state index is 10.5. The lowest BCUT2D eigenvalue weighted by Gasteiger charge is -2.19. The molecule has 4 heterocycles. The molecule has 0 spiro atoms. The van der Waals surface area contributed by atoms with Crippen LogP contribution in [0.3, 0.4) is 0 Å². The molecular weight excluding hydrogens is 372 g/mol. The van der Waals surface area contributed by atoms with Crippen LogP contribution < -0.4 is 0 Å². The molecule has 0 fully saturated rings. The lowest BCUT2D eigenvalue weighted by molar-refractivity contribution is 0.0873. The molecular formula is C22H20N2O5. The van der Waals surface area contributed by atoms with Crippen LogP contribution in [0.5, 0.6) is 17.2 Å². The van der Waals surface area contributed by atoms with Crippen molar-refractivity contribution in [2.45, 2.75) is 39.3 Å². The van der Waals surface area contributed by atoms with Gasteiger partial charge in [-0.2, -0.15) is 0 Å². The van der Waals surface area contributed by atoms with Gasteiger partial charge in [0.2, 0.25) is 0 Å². The van der Waals surface area contributed by atoms with Crippen LogP contribution in [0.4, 0.5) is 0 Å². The summed E-state index contributed by atoms with van der Waals surface area (Å²) in [5, 5.41) is 31.6. The molecule has 3 N–H and O–H groups in total. The van der Waals surface area contributed by atoms with E-state index in [1.165, 1.54) is 0 Å². The van der Waals surface area contributed by atoms with E-state index >= 15 is 0 Å². The molecule has 7 nitrogen and oxygen atoms in total. The number of rotatable bonds is 2. The van der Waals surface area contributed by atoms with Crippen LogP contribution in [0.1, 0.15) is 57.0 Å². The molecule has 0 amide bonds. The highest BCUT2D eigenvalue weighted by Gasteiger charge is 2.34. The Morgan fingerprint density at radius 1 is 0.828 bits per heavy atom. The van der Waals surface area contributed by atoms with Crippen LogP contribution in [-0.4, -0.2) is 25.3 Å². The Morgan fingerprint density at radius 3 is 2.00 bits per heavy atom. The summed E-state index contributed by atoms with van der Waals surface area (Å²) in [7, 11) is 0. The quantitative estimate of drug-likeness (QED) is 0.613. The fraction of sp³-hybridized carbons (Fsp3) is 0.273. The van der Waals surface area contributed by atoms with Crippen LogP contribution in [0, 0.1) is 13.8 Å². The molecule has 7 heteroatoms. The van der Waals surface area contributed by atoms with Crippen LogP contribution in [-0.2, 0) is 22.7 Å². The highest BCUT2D eigenvalue weighted by atomic mass is 16.5. The molecule has 5 rings (SSSR count). The van der Waals surface area contributed by atoms with Gasteiger partial charge in [-0.3, -0.25) is 9.97 Å². The van der Waals surface area contributed by atoms with E-state index in [-0.39, 0.29) is 17.2 Å². The van der Waals surface area contributed by atoms with Crippen molar-refractivity contribution < 1.29 is 24.8 Å². The summed E-state index contributed by atoms with van der Waals surface area (Å²) in [5.74, 6) is 0.270. The molecule has 29 heavy (non-hydrogen) atoms. The first-order valence-corrected chi connectivity index (χ1v) is 9.36. The van der Waals surface area contributed by atoms with Crippen molar-refractivity contribution in [3.05, 3.63) is 75.4 Å². The van der Waals surface area contributed by atoms with Crippen molar-refractivity contribution in [3.63, 3.8) is 0 Å². The van der Waals surface area contributed by atoms with Crippen molar-refractivity contribution in [2.75, 3.05) is 0 Å². The van der Waals surface area contributed by atoms with Gasteiger partial charge in [-0.15, -0.1) is 0 Å². The van der Waals surface area contributed by atoms with Crippen molar-refractivity contribution in [1.29, 1.82) is 0 Å². The third-order valence-electron chi connectivity index (χ3n) is 5.69. The number of aryl methyl sites for hydroxylation is 2. The van der Waals surface area contributed by atoms with Gasteiger partial charge in [0.05, 0.1) is 24.6 Å². The molecule has 0 bridgehead atoms. The van der Waals surface area contributed by atoms with Gasteiger partial charge in [-0.05, 0) is 31.5 Å². The van der Waals surface area contributed by atoms with Gasteiger partial charge >= 0.3 is 0 Å². The standard InChI is InChI=1S/C22H20N2O5/c1-10-19(26)17-13(6-23-10)8-28-21(17)12-3-4-16(25)15(5-12)22-18-14(9-29-22)7-24-11(2)20(18)27/h3-7,21-22,25-27H,8-9H2,1-2H3. The van der Waals surface area contributed by atoms with Gasteiger partial charge in [0.1, 0.15) is 29.5 Å². The number of ether oxygens (including phenoxy) is 2. The second-order valence-electron chi connectivity index (χ2n) is 7.46. The average molecular weight is 392 g/mol. The first kappa shape index (κ1) is 17.9. The van der Waals surface area contributed by atoms with E-state index in [0.29, 0.717) is 41.3 Å². The SMILES string of the molecule is Cc1ncc2c(c1O)C(c1ccc(O)c(C3OCc4cnc(C)c(O)c43)c1)OC2. The molecule has 2 aliphatic heterocycles. The number of pyridine rings is 2. The number of hydrogen-bond acceptors (Lipinski definition) is 7. The Balaban J connectivity index is 1.60. The molecule has 0 saturated heterocycles. The van der Waals surface area contributed by atoms with E-state index in [4.69, 9.17) is 9.47 Å². The highest BCUT2D eigenvalue weighted by molar-refractivity contribution is 5.54. The molecule has 2 unspecified atom stereocenters. The van der Waals surface area contributed by atoms with Crippen LogP contribution in [0.15, 0.2) is 30.6 Å². The maximum atomic E-state index is 10.5. The van der Waals surface area contributed by atoms with Crippen molar-refractivity contribution in [1.82, 2.24) is 9.97 Å². The minimum Gasteiger partial charge on any atom is -0.508 e. The number of benzene rings is 1. The zero-order valence-electron chi connectivity index (χ0n) is 16.0. The molecule has 0 aliphatic carbocycles. The van der Waals surface area contributed by atoms with Gasteiger partial charge in [0, 0.05) is 40.2 Å². The van der Waals surface area contributed by atoms with Crippen LogP contribution >= 0.6 is 0 Å². The average Bonchev–Trinajstić information content (AvgIpc) is 3.33. The normalized spacial score (nSPS) is 19.9. The third kappa shape index (κ3) is 2.66. The Labute approximate surface area is 167 Å². The molecule has 148 valence electrons. The number of nitrogens with zero attached hydrogens (tertiary/aromatic N) is 2. The predicted molar refractivity (Wildman–Crippen MR) is 103 cm³/mol. The summed E-state index contributed by atoms with van der Waals surface area (Å²) in [6, 6.07) is 5.16. The van der Waals surface area contributed by atoms with E-state index in [1.54, 1.807) is 44.4 Å². The zero-order chi connectivity index (χ0) is 20.3. The summed E-state index contributed by atoms with van der Waals surface area (Å²) in [5.41, 5.74) is 5.32. The van der Waals surface area contributed by atoms with Gasteiger partial charge in [-0.1, -0.05) is 6.07 Å². The van der Waals surface area contributed by atoms with Gasteiger partial charge in [0.15, 0.2) is 0 Å². The molecule has 2 atom stereocenters. The topological polar surface area (TPSA) is 105 Å². The summed E-state index contributed by atoms with van der Waals surface area (Å²) < 4.78 is 11.8. The fourth-order valence-electron chi connectivity index (χ4n) is 4.09. The Hall–Kier alpha value is -3.16. The largest absolute Gasteiger partial charge is 0.508 e. The molecule has 1 aromatic carbocycles. The van der Waals surface area contributed by atoms with E-state index in [0.717, 1.165) is 16.7 Å². The van der Waals surface area contributed by atoms with Crippen molar-refractivity contribution in [2.24, 2.45) is 0 Å². The van der Waals surface area contributed by atoms with Crippen molar-refractivity contribution >= 4 is 0 Å². The molecule has 0 radical (unpaired) electrons. The molecule has 3 aromatic rings. The first-order chi connectivity index (χ1) is 14.0. The summed E-state index contributed by atoms with van der Waals surface area (Å²) in [4.78, 5) is 8.37. The number of phenolic OH excluding ortho intramolecular Hbond substituents is 1. The molecule has 2 aliphatic rings. The third-order valence-corrected chi connectivity index (χ3v) is 5.69. The van der Waals surface area contributed by atoms with Gasteiger partial charge in [0.25, 0.3) is 0 Å². The maximum Gasteiger partial charge on any atom is 0.143 e. The summed E-state index contributed by atoms with van der Waals surface area (Å²) in [6.07, 6.45) is 2.32. The monoisotopic (exact) mass is 392 g/mol. The lowest BCUT2D eigenvalue weighted by atomic mass is 9.93. The summed E-state index contributed by atoms with van der Waals surface area (Å²) in [6.45, 7) is 4.13.